The highest BCUT2D eigenvalue weighted by Crippen LogP contribution is 2.27. The van der Waals surface area contributed by atoms with Crippen molar-refractivity contribution in [2.24, 2.45) is 5.92 Å². The third kappa shape index (κ3) is 3.21. The molecule has 2 rings (SSSR count). The Morgan fingerprint density at radius 2 is 2.16 bits per heavy atom. The molecule has 1 aromatic heterocycles. The SMILES string of the molecule is CC(C)Cn1cc(C(=O)CCCl)c2ccc(Br)cc21. The van der Waals surface area contributed by atoms with Crippen LogP contribution in [0.3, 0.4) is 0 Å². The number of halogens is 2. The van der Waals surface area contributed by atoms with Crippen LogP contribution < -0.4 is 0 Å². The molecule has 0 saturated carbocycles. The fraction of sp³-hybridized carbons (Fsp3) is 0.400. The third-order valence-corrected chi connectivity index (χ3v) is 3.71. The fourth-order valence-electron chi connectivity index (χ4n) is 2.25. The molecule has 0 unspecified atom stereocenters. The van der Waals surface area contributed by atoms with Crippen LogP contribution in [-0.4, -0.2) is 16.2 Å². The summed E-state index contributed by atoms with van der Waals surface area (Å²) in [6, 6.07) is 6.03. The van der Waals surface area contributed by atoms with Gasteiger partial charge in [0.15, 0.2) is 5.78 Å². The number of benzene rings is 1. The zero-order chi connectivity index (χ0) is 14.0. The van der Waals surface area contributed by atoms with Crippen molar-refractivity contribution in [3.05, 3.63) is 34.4 Å². The molecule has 0 aliphatic carbocycles. The summed E-state index contributed by atoms with van der Waals surface area (Å²) in [7, 11) is 0. The van der Waals surface area contributed by atoms with Crippen molar-refractivity contribution in [2.45, 2.75) is 26.8 Å². The van der Waals surface area contributed by atoms with Gasteiger partial charge >= 0.3 is 0 Å². The number of ketones is 1. The number of fused-ring (bicyclic) bond motifs is 1. The van der Waals surface area contributed by atoms with Gasteiger partial charge in [-0.15, -0.1) is 11.6 Å². The Bertz CT molecular complexity index is 603. The van der Waals surface area contributed by atoms with Gasteiger partial charge in [0.25, 0.3) is 0 Å². The van der Waals surface area contributed by atoms with E-state index in [1.54, 1.807) is 0 Å². The lowest BCUT2D eigenvalue weighted by atomic mass is 10.1. The quantitative estimate of drug-likeness (QED) is 0.561. The van der Waals surface area contributed by atoms with E-state index in [1.165, 1.54) is 0 Å². The van der Waals surface area contributed by atoms with E-state index in [1.807, 2.05) is 18.3 Å². The molecule has 0 aliphatic heterocycles. The zero-order valence-electron chi connectivity index (χ0n) is 11.1. The van der Waals surface area contributed by atoms with Crippen molar-refractivity contribution in [3.63, 3.8) is 0 Å². The van der Waals surface area contributed by atoms with Crippen LogP contribution in [0.15, 0.2) is 28.9 Å². The molecule has 0 atom stereocenters. The predicted octanol–water partition coefficient (Wildman–Crippen LogP) is 4.87. The van der Waals surface area contributed by atoms with Crippen LogP contribution in [0, 0.1) is 5.92 Å². The van der Waals surface area contributed by atoms with Crippen molar-refractivity contribution in [1.82, 2.24) is 4.57 Å². The van der Waals surface area contributed by atoms with Crippen molar-refractivity contribution in [1.29, 1.82) is 0 Å². The fourth-order valence-corrected chi connectivity index (χ4v) is 2.77. The predicted molar refractivity (Wildman–Crippen MR) is 84.1 cm³/mol. The molecular weight excluding hydrogens is 326 g/mol. The molecule has 0 bridgehead atoms. The zero-order valence-corrected chi connectivity index (χ0v) is 13.5. The largest absolute Gasteiger partial charge is 0.346 e. The minimum atomic E-state index is 0.116. The topological polar surface area (TPSA) is 22.0 Å². The number of Topliss-reactive ketones (excluding diaryl/α,β-unsaturated/α-hetero) is 1. The Morgan fingerprint density at radius 1 is 1.42 bits per heavy atom. The molecule has 0 aliphatic rings. The summed E-state index contributed by atoms with van der Waals surface area (Å²) in [6.07, 6.45) is 2.35. The number of alkyl halides is 1. The number of hydrogen-bond donors (Lipinski definition) is 0. The first-order valence-corrected chi connectivity index (χ1v) is 7.73. The van der Waals surface area contributed by atoms with Gasteiger partial charge in [-0.05, 0) is 18.1 Å². The maximum atomic E-state index is 12.1. The first-order chi connectivity index (χ1) is 9.02. The molecule has 2 aromatic rings. The summed E-state index contributed by atoms with van der Waals surface area (Å²) in [6.45, 7) is 5.25. The number of hydrogen-bond acceptors (Lipinski definition) is 1. The van der Waals surface area contributed by atoms with Gasteiger partial charge < -0.3 is 4.57 Å². The number of rotatable bonds is 5. The standard InChI is InChI=1S/C15H17BrClNO/c1-10(2)8-18-9-13(15(19)5-6-17)12-4-3-11(16)7-14(12)18/h3-4,7,9-10H,5-6,8H2,1-2H3. The molecule has 1 aromatic carbocycles. The molecule has 0 fully saturated rings. The normalized spacial score (nSPS) is 11.4. The smallest absolute Gasteiger partial charge is 0.166 e. The van der Waals surface area contributed by atoms with E-state index in [0.717, 1.165) is 27.5 Å². The van der Waals surface area contributed by atoms with Crippen LogP contribution >= 0.6 is 27.5 Å². The summed E-state index contributed by atoms with van der Waals surface area (Å²) in [5, 5.41) is 1.01. The van der Waals surface area contributed by atoms with Gasteiger partial charge in [0.05, 0.1) is 0 Å². The van der Waals surface area contributed by atoms with Gasteiger partial charge in [0.1, 0.15) is 0 Å². The van der Waals surface area contributed by atoms with E-state index in [2.05, 4.69) is 40.4 Å². The van der Waals surface area contributed by atoms with E-state index in [0.29, 0.717) is 18.2 Å². The second-order valence-corrected chi connectivity index (χ2v) is 6.41. The Labute approximate surface area is 126 Å². The number of carbonyl (C=O) groups is 1. The Hall–Kier alpha value is -0.800. The van der Waals surface area contributed by atoms with Gasteiger partial charge in [0, 0.05) is 46.0 Å². The van der Waals surface area contributed by atoms with Gasteiger partial charge in [-0.25, -0.2) is 0 Å². The van der Waals surface area contributed by atoms with Crippen molar-refractivity contribution in [2.75, 3.05) is 5.88 Å². The second kappa shape index (κ2) is 6.10. The van der Waals surface area contributed by atoms with E-state index >= 15 is 0 Å². The molecule has 19 heavy (non-hydrogen) atoms. The molecule has 0 spiro atoms. The monoisotopic (exact) mass is 341 g/mol. The minimum absolute atomic E-state index is 0.116. The molecule has 2 nitrogen and oxygen atoms in total. The summed E-state index contributed by atoms with van der Waals surface area (Å²) in [5.74, 6) is 1.02. The van der Waals surface area contributed by atoms with Crippen molar-refractivity contribution < 1.29 is 4.79 Å². The van der Waals surface area contributed by atoms with Crippen LogP contribution in [0.4, 0.5) is 0 Å². The average molecular weight is 343 g/mol. The molecular formula is C15H17BrClNO. The van der Waals surface area contributed by atoms with Crippen LogP contribution in [0.5, 0.6) is 0 Å². The highest BCUT2D eigenvalue weighted by atomic mass is 79.9. The number of carbonyl (C=O) groups excluding carboxylic acids is 1. The molecule has 0 N–H and O–H groups in total. The maximum Gasteiger partial charge on any atom is 0.166 e. The van der Waals surface area contributed by atoms with E-state index in [4.69, 9.17) is 11.6 Å². The highest BCUT2D eigenvalue weighted by molar-refractivity contribution is 9.10. The van der Waals surface area contributed by atoms with Gasteiger partial charge in [0.2, 0.25) is 0 Å². The Kier molecular flexibility index (Phi) is 4.69. The van der Waals surface area contributed by atoms with E-state index in [-0.39, 0.29) is 5.78 Å². The van der Waals surface area contributed by atoms with Crippen LogP contribution in [0.1, 0.15) is 30.6 Å². The average Bonchev–Trinajstić information content (AvgIpc) is 2.67. The molecule has 0 amide bonds. The Balaban J connectivity index is 2.56. The lowest BCUT2D eigenvalue weighted by Gasteiger charge is -2.08. The number of aromatic nitrogens is 1. The molecule has 102 valence electrons. The molecule has 1 heterocycles. The first-order valence-electron chi connectivity index (χ1n) is 6.40. The first kappa shape index (κ1) is 14.6. The van der Waals surface area contributed by atoms with Crippen LogP contribution in [-0.2, 0) is 6.54 Å². The minimum Gasteiger partial charge on any atom is -0.346 e. The lowest BCUT2D eigenvalue weighted by molar-refractivity contribution is 0.0990. The summed E-state index contributed by atoms with van der Waals surface area (Å²) >= 11 is 9.17. The summed E-state index contributed by atoms with van der Waals surface area (Å²) in [5.41, 5.74) is 1.88. The van der Waals surface area contributed by atoms with Gasteiger partial charge in [-0.3, -0.25) is 4.79 Å². The van der Waals surface area contributed by atoms with Crippen LogP contribution in [0.25, 0.3) is 10.9 Å². The van der Waals surface area contributed by atoms with Crippen molar-refractivity contribution >= 4 is 44.2 Å². The van der Waals surface area contributed by atoms with Gasteiger partial charge in [-0.1, -0.05) is 35.8 Å². The second-order valence-electron chi connectivity index (χ2n) is 5.11. The van der Waals surface area contributed by atoms with Gasteiger partial charge in [-0.2, -0.15) is 0 Å². The third-order valence-electron chi connectivity index (χ3n) is 3.03. The lowest BCUT2D eigenvalue weighted by Crippen LogP contribution is -2.03. The number of nitrogens with zero attached hydrogens (tertiary/aromatic N) is 1. The van der Waals surface area contributed by atoms with Crippen molar-refractivity contribution in [3.8, 4) is 0 Å². The maximum absolute atomic E-state index is 12.1. The Morgan fingerprint density at radius 3 is 2.79 bits per heavy atom. The summed E-state index contributed by atoms with van der Waals surface area (Å²) < 4.78 is 3.19. The van der Waals surface area contributed by atoms with E-state index in [9.17, 15) is 4.79 Å². The summed E-state index contributed by atoms with van der Waals surface area (Å²) in [4.78, 5) is 12.1. The molecule has 0 saturated heterocycles. The van der Waals surface area contributed by atoms with E-state index < -0.39 is 0 Å². The molecule has 4 heteroatoms. The highest BCUT2D eigenvalue weighted by Gasteiger charge is 2.15. The van der Waals surface area contributed by atoms with Crippen LogP contribution in [0.2, 0.25) is 0 Å². The molecule has 0 radical (unpaired) electrons.